The SMILES string of the molecule is O=C(O)C1c2nc[nH]c2CCN1C(=O)CCN1CCCCC1. The number of carbonyl (C=O) groups is 2. The van der Waals surface area contributed by atoms with Gasteiger partial charge < -0.3 is 19.9 Å². The first-order chi connectivity index (χ1) is 10.7. The number of nitrogens with zero attached hydrogens (tertiary/aromatic N) is 3. The number of aliphatic carboxylic acids is 1. The molecule has 1 aromatic rings. The Morgan fingerprint density at radius 2 is 2.05 bits per heavy atom. The molecule has 1 fully saturated rings. The highest BCUT2D eigenvalue weighted by molar-refractivity contribution is 5.85. The first-order valence-corrected chi connectivity index (χ1v) is 7.93. The van der Waals surface area contributed by atoms with Gasteiger partial charge in [0.25, 0.3) is 0 Å². The number of nitrogens with one attached hydrogen (secondary N) is 1. The van der Waals surface area contributed by atoms with Crippen molar-refractivity contribution in [1.82, 2.24) is 19.8 Å². The van der Waals surface area contributed by atoms with E-state index in [4.69, 9.17) is 0 Å². The molecule has 0 radical (unpaired) electrons. The number of hydrogen-bond acceptors (Lipinski definition) is 4. The minimum absolute atomic E-state index is 0.0911. The molecule has 120 valence electrons. The lowest BCUT2D eigenvalue weighted by atomic mass is 10.0. The van der Waals surface area contributed by atoms with Crippen molar-refractivity contribution in [3.63, 3.8) is 0 Å². The van der Waals surface area contributed by atoms with Gasteiger partial charge in [-0.3, -0.25) is 4.79 Å². The van der Waals surface area contributed by atoms with Crippen LogP contribution in [0.5, 0.6) is 0 Å². The molecule has 0 saturated carbocycles. The van der Waals surface area contributed by atoms with E-state index in [0.29, 0.717) is 25.1 Å². The van der Waals surface area contributed by atoms with Gasteiger partial charge in [-0.05, 0) is 25.9 Å². The molecule has 2 aliphatic heterocycles. The summed E-state index contributed by atoms with van der Waals surface area (Å²) in [5, 5.41) is 9.48. The number of aromatic amines is 1. The molecule has 0 aromatic carbocycles. The Labute approximate surface area is 129 Å². The molecule has 22 heavy (non-hydrogen) atoms. The second kappa shape index (κ2) is 6.48. The summed E-state index contributed by atoms with van der Waals surface area (Å²) in [5.41, 5.74) is 1.30. The molecule has 3 heterocycles. The van der Waals surface area contributed by atoms with Gasteiger partial charge in [-0.15, -0.1) is 0 Å². The number of fused-ring (bicyclic) bond motifs is 1. The number of likely N-dealkylation sites (tertiary alicyclic amines) is 1. The highest BCUT2D eigenvalue weighted by Gasteiger charge is 2.37. The maximum Gasteiger partial charge on any atom is 0.332 e. The zero-order valence-corrected chi connectivity index (χ0v) is 12.6. The molecule has 0 bridgehead atoms. The second-order valence-electron chi connectivity index (χ2n) is 6.00. The Hall–Kier alpha value is -1.89. The van der Waals surface area contributed by atoms with Crippen molar-refractivity contribution < 1.29 is 14.7 Å². The van der Waals surface area contributed by atoms with Crippen LogP contribution in [0.3, 0.4) is 0 Å². The minimum Gasteiger partial charge on any atom is -0.479 e. The van der Waals surface area contributed by atoms with Crippen LogP contribution in [0, 0.1) is 0 Å². The van der Waals surface area contributed by atoms with E-state index in [2.05, 4.69) is 14.9 Å². The van der Waals surface area contributed by atoms with Gasteiger partial charge in [-0.1, -0.05) is 6.42 Å². The fraction of sp³-hybridized carbons (Fsp3) is 0.667. The summed E-state index contributed by atoms with van der Waals surface area (Å²) in [6.45, 7) is 3.23. The van der Waals surface area contributed by atoms with Crippen molar-refractivity contribution in [3.05, 3.63) is 17.7 Å². The molecule has 1 aromatic heterocycles. The number of carbonyl (C=O) groups excluding carboxylic acids is 1. The van der Waals surface area contributed by atoms with E-state index in [1.165, 1.54) is 30.5 Å². The first-order valence-electron chi connectivity index (χ1n) is 7.93. The molecule has 0 aliphatic carbocycles. The lowest BCUT2D eigenvalue weighted by Crippen LogP contribution is -2.45. The second-order valence-corrected chi connectivity index (χ2v) is 6.00. The largest absolute Gasteiger partial charge is 0.479 e. The Morgan fingerprint density at radius 1 is 1.27 bits per heavy atom. The molecular formula is C15H22N4O3. The number of carboxylic acid groups (broad SMARTS) is 1. The minimum atomic E-state index is -1.01. The molecule has 1 unspecified atom stereocenters. The highest BCUT2D eigenvalue weighted by atomic mass is 16.4. The topological polar surface area (TPSA) is 89.5 Å². The standard InChI is InChI=1S/C15H22N4O3/c20-12(5-8-18-6-2-1-3-7-18)19-9-4-11-13(17-10-16-11)14(19)15(21)22/h10,14H,1-9H2,(H,16,17)(H,21,22). The van der Waals surface area contributed by atoms with E-state index in [9.17, 15) is 14.7 Å². The third kappa shape index (κ3) is 2.99. The van der Waals surface area contributed by atoms with Gasteiger partial charge in [0.1, 0.15) is 0 Å². The number of amides is 1. The van der Waals surface area contributed by atoms with Crippen molar-refractivity contribution in [2.75, 3.05) is 26.2 Å². The molecule has 2 aliphatic rings. The third-order valence-corrected chi connectivity index (χ3v) is 4.57. The number of rotatable bonds is 4. The van der Waals surface area contributed by atoms with Gasteiger partial charge >= 0.3 is 5.97 Å². The number of piperidine rings is 1. The van der Waals surface area contributed by atoms with E-state index >= 15 is 0 Å². The molecule has 1 amide bonds. The first kappa shape index (κ1) is 15.0. The van der Waals surface area contributed by atoms with E-state index in [0.717, 1.165) is 25.3 Å². The molecule has 3 rings (SSSR count). The van der Waals surface area contributed by atoms with Gasteiger partial charge in [-0.25, -0.2) is 9.78 Å². The van der Waals surface area contributed by atoms with Gasteiger partial charge in [-0.2, -0.15) is 0 Å². The van der Waals surface area contributed by atoms with Crippen LogP contribution in [-0.2, 0) is 16.0 Å². The third-order valence-electron chi connectivity index (χ3n) is 4.57. The number of aromatic nitrogens is 2. The summed E-state index contributed by atoms with van der Waals surface area (Å²) >= 11 is 0. The highest BCUT2D eigenvalue weighted by Crippen LogP contribution is 2.28. The fourth-order valence-electron chi connectivity index (χ4n) is 3.38. The van der Waals surface area contributed by atoms with Crippen LogP contribution in [0.25, 0.3) is 0 Å². The van der Waals surface area contributed by atoms with Crippen LogP contribution >= 0.6 is 0 Å². The van der Waals surface area contributed by atoms with Crippen molar-refractivity contribution in [1.29, 1.82) is 0 Å². The lowest BCUT2D eigenvalue weighted by molar-refractivity contribution is -0.151. The predicted molar refractivity (Wildman–Crippen MR) is 79.3 cm³/mol. The summed E-state index contributed by atoms with van der Waals surface area (Å²) in [4.78, 5) is 34.9. The summed E-state index contributed by atoms with van der Waals surface area (Å²) in [6.07, 6.45) is 6.15. The predicted octanol–water partition coefficient (Wildman–Crippen LogP) is 0.796. The molecule has 7 nitrogen and oxygen atoms in total. The van der Waals surface area contributed by atoms with Crippen LogP contribution < -0.4 is 0 Å². The fourth-order valence-corrected chi connectivity index (χ4v) is 3.38. The van der Waals surface area contributed by atoms with E-state index < -0.39 is 12.0 Å². The van der Waals surface area contributed by atoms with Crippen molar-refractivity contribution in [2.24, 2.45) is 0 Å². The van der Waals surface area contributed by atoms with Gasteiger partial charge in [0.2, 0.25) is 5.91 Å². The van der Waals surface area contributed by atoms with Crippen LogP contribution in [0.15, 0.2) is 6.33 Å². The molecule has 7 heteroatoms. The van der Waals surface area contributed by atoms with Crippen molar-refractivity contribution in [3.8, 4) is 0 Å². The number of imidazole rings is 1. The Bertz CT molecular complexity index is 551. The quantitative estimate of drug-likeness (QED) is 0.858. The zero-order chi connectivity index (χ0) is 15.5. The summed E-state index contributed by atoms with van der Waals surface area (Å²) in [5.74, 6) is -1.11. The van der Waals surface area contributed by atoms with Crippen LogP contribution in [0.2, 0.25) is 0 Å². The smallest absolute Gasteiger partial charge is 0.332 e. The summed E-state index contributed by atoms with van der Waals surface area (Å²) < 4.78 is 0. The monoisotopic (exact) mass is 306 g/mol. The Balaban J connectivity index is 1.65. The molecule has 0 spiro atoms. The van der Waals surface area contributed by atoms with E-state index in [-0.39, 0.29) is 5.91 Å². The molecule has 2 N–H and O–H groups in total. The normalized spacial score (nSPS) is 22.4. The average molecular weight is 306 g/mol. The van der Waals surface area contributed by atoms with Gasteiger partial charge in [0.05, 0.1) is 12.0 Å². The van der Waals surface area contributed by atoms with Gasteiger partial charge in [0.15, 0.2) is 6.04 Å². The van der Waals surface area contributed by atoms with E-state index in [1.807, 2.05) is 0 Å². The zero-order valence-electron chi connectivity index (χ0n) is 12.6. The number of carboxylic acids is 1. The Morgan fingerprint density at radius 3 is 2.77 bits per heavy atom. The van der Waals surface area contributed by atoms with Crippen LogP contribution in [0.4, 0.5) is 0 Å². The van der Waals surface area contributed by atoms with Gasteiger partial charge in [0, 0.05) is 31.6 Å². The molecule has 1 atom stereocenters. The van der Waals surface area contributed by atoms with Crippen LogP contribution in [0.1, 0.15) is 43.1 Å². The summed E-state index contributed by atoms with van der Waals surface area (Å²) in [7, 11) is 0. The van der Waals surface area contributed by atoms with Crippen molar-refractivity contribution in [2.45, 2.75) is 38.1 Å². The molecule has 1 saturated heterocycles. The lowest BCUT2D eigenvalue weighted by Gasteiger charge is -2.33. The maximum absolute atomic E-state index is 12.5. The molecular weight excluding hydrogens is 284 g/mol. The Kier molecular flexibility index (Phi) is 4.42. The maximum atomic E-state index is 12.5. The van der Waals surface area contributed by atoms with Crippen molar-refractivity contribution >= 4 is 11.9 Å². The average Bonchev–Trinajstić information content (AvgIpc) is 3.00. The summed E-state index contributed by atoms with van der Waals surface area (Å²) in [6, 6.07) is -0.955. The number of hydrogen-bond donors (Lipinski definition) is 2. The number of H-pyrrole nitrogens is 1. The van der Waals surface area contributed by atoms with E-state index in [1.54, 1.807) is 0 Å². The van der Waals surface area contributed by atoms with Crippen LogP contribution in [-0.4, -0.2) is 62.9 Å².